The number of hydrogen-bond donors (Lipinski definition) is 1. The van der Waals surface area contributed by atoms with Crippen LogP contribution in [0.2, 0.25) is 10.0 Å². The molecule has 0 amide bonds. The van der Waals surface area contributed by atoms with Gasteiger partial charge in [0.1, 0.15) is 6.04 Å². The summed E-state index contributed by atoms with van der Waals surface area (Å²) in [6.07, 6.45) is 1.58. The molecule has 1 aliphatic rings. The molecule has 4 heterocycles. The minimum Gasteiger partial charge on any atom is -0.463 e. The molecule has 2 aromatic carbocycles. The Hall–Kier alpha value is -4.08. The molecule has 0 spiro atoms. The Bertz CT molecular complexity index is 2190. The van der Waals surface area contributed by atoms with Gasteiger partial charge in [-0.1, -0.05) is 46.7 Å². The lowest BCUT2D eigenvalue weighted by Crippen LogP contribution is -2.39. The van der Waals surface area contributed by atoms with E-state index in [0.29, 0.717) is 52.5 Å². The van der Waals surface area contributed by atoms with Gasteiger partial charge in [0.25, 0.3) is 11.2 Å². The number of thiazole rings is 1. The van der Waals surface area contributed by atoms with Crippen molar-refractivity contribution >= 4 is 75.4 Å². The molecule has 1 atom stereocenters. The first kappa shape index (κ1) is 30.9. The molecule has 1 N–H and O–H groups in total. The number of hydrogen-bond acceptors (Lipinski definition) is 11. The van der Waals surface area contributed by atoms with Crippen molar-refractivity contribution in [3.8, 4) is 11.4 Å². The summed E-state index contributed by atoms with van der Waals surface area (Å²) in [6, 6.07) is 12.6. The zero-order valence-electron chi connectivity index (χ0n) is 23.3. The van der Waals surface area contributed by atoms with Gasteiger partial charge in [-0.25, -0.2) is 14.8 Å². The van der Waals surface area contributed by atoms with Crippen LogP contribution in [-0.4, -0.2) is 37.2 Å². The van der Waals surface area contributed by atoms with Crippen LogP contribution < -0.4 is 14.9 Å². The van der Waals surface area contributed by atoms with Crippen molar-refractivity contribution in [3.05, 3.63) is 115 Å². The third-order valence-electron chi connectivity index (χ3n) is 6.66. The summed E-state index contributed by atoms with van der Waals surface area (Å²) in [7, 11) is 0. The molecule has 11 nitrogen and oxygen atoms in total. The summed E-state index contributed by atoms with van der Waals surface area (Å²) >= 11 is 15.8. The minimum absolute atomic E-state index is 0.179. The molecule has 5 aromatic rings. The number of aromatic nitrogens is 4. The van der Waals surface area contributed by atoms with Crippen LogP contribution >= 0.6 is 57.6 Å². The molecule has 0 bridgehead atoms. The van der Waals surface area contributed by atoms with Crippen LogP contribution in [0, 0.1) is 10.1 Å². The number of nitrogens with zero attached hydrogens (tertiary/aromatic N) is 5. The van der Waals surface area contributed by atoms with Crippen LogP contribution in [0.3, 0.4) is 0 Å². The summed E-state index contributed by atoms with van der Waals surface area (Å²) < 4.78 is 7.09. The van der Waals surface area contributed by atoms with Crippen molar-refractivity contribution in [1.82, 2.24) is 19.7 Å². The SMILES string of the molecule is CCOC(=O)C1=C(C)N=c2s/c(=C/c3ccc(Sc4n[nH]c(-c5ccc(Cl)cc5Cl)n4)c([N+](=O)[O-])c3)c(=O)n2[C@@H]1c1cccs1. The standard InChI is InChI=1S/C29H20Cl2N6O5S3/c1-3-42-27(39)23-14(2)32-29-36(24(23)21-5-4-10-43-21)26(38)22(45-29)12-15-6-9-20(19(11-15)37(40)41)44-28-33-25(34-35-28)17-8-7-16(30)13-18(17)31/h4-13,24H,3H2,1-2H3,(H,33,34,35)/b22-12+/t24-/m1/s1. The molecule has 3 aromatic heterocycles. The number of allylic oxidation sites excluding steroid dienone is 1. The van der Waals surface area contributed by atoms with E-state index in [1.165, 1.54) is 22.0 Å². The Morgan fingerprint density at radius 2 is 2.07 bits per heavy atom. The van der Waals surface area contributed by atoms with Crippen LogP contribution in [0.25, 0.3) is 17.5 Å². The number of nitro benzene ring substituents is 1. The normalized spacial score (nSPS) is 14.8. The Kier molecular flexibility index (Phi) is 8.75. The number of benzene rings is 2. The van der Waals surface area contributed by atoms with Crippen molar-refractivity contribution in [2.45, 2.75) is 29.9 Å². The molecule has 0 saturated heterocycles. The van der Waals surface area contributed by atoms with E-state index in [9.17, 15) is 19.7 Å². The maximum atomic E-state index is 13.8. The molecule has 6 rings (SSSR count). The lowest BCUT2D eigenvalue weighted by molar-refractivity contribution is -0.387. The highest BCUT2D eigenvalue weighted by molar-refractivity contribution is 7.99. The molecule has 0 radical (unpaired) electrons. The monoisotopic (exact) mass is 698 g/mol. The van der Waals surface area contributed by atoms with Crippen LogP contribution in [0.1, 0.15) is 30.3 Å². The van der Waals surface area contributed by atoms with Gasteiger partial charge in [-0.05, 0) is 73.0 Å². The first-order chi connectivity index (χ1) is 21.6. The first-order valence-electron chi connectivity index (χ1n) is 13.2. The van der Waals surface area contributed by atoms with Crippen molar-refractivity contribution < 1.29 is 14.5 Å². The highest BCUT2D eigenvalue weighted by Gasteiger charge is 2.34. The molecule has 1 aliphatic heterocycles. The van der Waals surface area contributed by atoms with Gasteiger partial charge >= 0.3 is 5.97 Å². The fraction of sp³-hybridized carbons (Fsp3) is 0.138. The molecule has 0 aliphatic carbocycles. The Morgan fingerprint density at radius 3 is 2.78 bits per heavy atom. The zero-order chi connectivity index (χ0) is 31.8. The van der Waals surface area contributed by atoms with Gasteiger partial charge in [0, 0.05) is 21.5 Å². The Balaban J connectivity index is 1.36. The Morgan fingerprint density at radius 1 is 1.24 bits per heavy atom. The number of halogens is 2. The summed E-state index contributed by atoms with van der Waals surface area (Å²) in [4.78, 5) is 48.8. The molecule has 16 heteroatoms. The zero-order valence-corrected chi connectivity index (χ0v) is 27.3. The lowest BCUT2D eigenvalue weighted by Gasteiger charge is -2.23. The topological polar surface area (TPSA) is 145 Å². The predicted octanol–water partition coefficient (Wildman–Crippen LogP) is 6.01. The number of esters is 1. The Labute approximate surface area is 276 Å². The van der Waals surface area contributed by atoms with Crippen molar-refractivity contribution in [1.29, 1.82) is 0 Å². The number of ether oxygens (including phenoxy) is 1. The summed E-state index contributed by atoms with van der Waals surface area (Å²) in [5, 5.41) is 22.0. The maximum absolute atomic E-state index is 13.8. The number of fused-ring (bicyclic) bond motifs is 1. The van der Waals surface area contributed by atoms with E-state index >= 15 is 0 Å². The van der Waals surface area contributed by atoms with Gasteiger partial charge in [-0.2, -0.15) is 0 Å². The average molecular weight is 700 g/mol. The van der Waals surface area contributed by atoms with Gasteiger partial charge in [0.2, 0.25) is 5.16 Å². The summed E-state index contributed by atoms with van der Waals surface area (Å²) in [6.45, 7) is 3.61. The molecule has 0 unspecified atom stereocenters. The van der Waals surface area contributed by atoms with E-state index in [1.807, 2.05) is 17.5 Å². The lowest BCUT2D eigenvalue weighted by atomic mass is 10.0. The number of nitro groups is 1. The maximum Gasteiger partial charge on any atom is 0.338 e. The van der Waals surface area contributed by atoms with Crippen molar-refractivity contribution in [3.63, 3.8) is 0 Å². The third kappa shape index (κ3) is 6.11. The van der Waals surface area contributed by atoms with Crippen LogP contribution in [0.4, 0.5) is 5.69 Å². The predicted molar refractivity (Wildman–Crippen MR) is 174 cm³/mol. The highest BCUT2D eigenvalue weighted by atomic mass is 35.5. The minimum atomic E-state index is -0.704. The molecule has 228 valence electrons. The fourth-order valence-electron chi connectivity index (χ4n) is 4.70. The fourth-order valence-corrected chi connectivity index (χ4v) is 7.87. The van der Waals surface area contributed by atoms with E-state index in [4.69, 9.17) is 27.9 Å². The van der Waals surface area contributed by atoms with Gasteiger partial charge in [0.15, 0.2) is 10.6 Å². The number of thiophene rings is 1. The molecular formula is C29H20Cl2N6O5S3. The number of carbonyl (C=O) groups excluding carboxylic acids is 1. The largest absolute Gasteiger partial charge is 0.463 e. The number of rotatable bonds is 8. The number of aromatic amines is 1. The van der Waals surface area contributed by atoms with Crippen molar-refractivity contribution in [2.75, 3.05) is 6.61 Å². The van der Waals surface area contributed by atoms with Gasteiger partial charge in [0.05, 0.1) is 37.3 Å². The number of H-pyrrole nitrogens is 1. The van der Waals surface area contributed by atoms with Crippen molar-refractivity contribution in [2.24, 2.45) is 4.99 Å². The van der Waals surface area contributed by atoms with E-state index in [0.717, 1.165) is 28.0 Å². The van der Waals surface area contributed by atoms with Gasteiger partial charge < -0.3 is 4.74 Å². The van der Waals surface area contributed by atoms with E-state index in [-0.39, 0.29) is 23.0 Å². The first-order valence-corrected chi connectivity index (χ1v) is 16.5. The van der Waals surface area contributed by atoms with Gasteiger partial charge in [-0.3, -0.25) is 24.6 Å². The average Bonchev–Trinajstić information content (AvgIpc) is 3.75. The van der Waals surface area contributed by atoms with Gasteiger partial charge in [-0.15, -0.1) is 16.4 Å². The molecule has 0 saturated carbocycles. The van der Waals surface area contributed by atoms with Crippen LogP contribution in [0.15, 0.2) is 85.0 Å². The second-order valence-corrected chi connectivity index (χ2v) is 13.3. The smallest absolute Gasteiger partial charge is 0.338 e. The quantitative estimate of drug-likeness (QED) is 0.118. The van der Waals surface area contributed by atoms with E-state index in [2.05, 4.69) is 20.2 Å². The third-order valence-corrected chi connectivity index (χ3v) is 10.0. The summed E-state index contributed by atoms with van der Waals surface area (Å²) in [5.74, 6) is -0.152. The van der Waals surface area contributed by atoms with E-state index in [1.54, 1.807) is 50.3 Å². The highest BCUT2D eigenvalue weighted by Crippen LogP contribution is 2.36. The van der Waals surface area contributed by atoms with E-state index < -0.39 is 16.9 Å². The number of nitrogens with one attached hydrogen (secondary N) is 1. The van der Waals surface area contributed by atoms with Crippen LogP contribution in [0.5, 0.6) is 0 Å². The molecule has 0 fully saturated rings. The number of carbonyl (C=O) groups is 1. The molecule has 45 heavy (non-hydrogen) atoms. The second kappa shape index (κ2) is 12.7. The second-order valence-electron chi connectivity index (χ2n) is 9.49. The summed E-state index contributed by atoms with van der Waals surface area (Å²) in [5.41, 5.74) is 1.22. The van der Waals surface area contributed by atoms with Crippen LogP contribution in [-0.2, 0) is 9.53 Å². The molecular weight excluding hydrogens is 679 g/mol.